The summed E-state index contributed by atoms with van der Waals surface area (Å²) in [6.07, 6.45) is 0.561. The van der Waals surface area contributed by atoms with E-state index in [1.807, 2.05) is 20.8 Å². The van der Waals surface area contributed by atoms with E-state index in [0.29, 0.717) is 57.2 Å². The minimum absolute atomic E-state index is 0.0640. The molecule has 1 spiro atoms. The molecule has 3 N–H and O–H groups in total. The predicted octanol–water partition coefficient (Wildman–Crippen LogP) is 1.63. The number of amides is 3. The number of carbonyl (C=O) groups is 3. The number of ether oxygens (including phenoxy) is 3. The molecule has 11 nitrogen and oxygen atoms in total. The lowest BCUT2D eigenvalue weighted by atomic mass is 9.70. The van der Waals surface area contributed by atoms with Crippen LogP contribution in [-0.2, 0) is 23.9 Å². The number of nitrogens with zero attached hydrogens (tertiary/aromatic N) is 2. The van der Waals surface area contributed by atoms with Gasteiger partial charge in [0.15, 0.2) is 0 Å². The average molecular weight is 652 g/mol. The van der Waals surface area contributed by atoms with E-state index in [9.17, 15) is 19.5 Å². The van der Waals surface area contributed by atoms with Crippen molar-refractivity contribution in [1.29, 1.82) is 0 Å². The standard InChI is InChI=1S/C30H43BrN4O7/c1-4-18(3)22(17-36)35-26(28(38)32-10-11-34-12-14-40-15-13-34)30-16-21(31)25(42-30)23(24(30)29(35)39)27(37)33-19-6-8-20(9-7-19)41-5-2/h6-9,18,21-26,36H,4-5,10-17H2,1-3H3,(H,32,38)(H,33,37)/t18-,21?,22-,23+,24-,25+,26?,30?/m0/s1. The lowest BCUT2D eigenvalue weighted by Crippen LogP contribution is -2.59. The van der Waals surface area contributed by atoms with Gasteiger partial charge in [0, 0.05) is 36.7 Å². The summed E-state index contributed by atoms with van der Waals surface area (Å²) in [6, 6.07) is 5.54. The monoisotopic (exact) mass is 650 g/mol. The van der Waals surface area contributed by atoms with Crippen LogP contribution in [0.4, 0.5) is 5.69 Å². The third-order valence-corrected chi connectivity index (χ3v) is 10.2. The Morgan fingerprint density at radius 2 is 1.90 bits per heavy atom. The Morgan fingerprint density at radius 1 is 1.19 bits per heavy atom. The van der Waals surface area contributed by atoms with Crippen molar-refractivity contribution in [3.8, 4) is 5.75 Å². The predicted molar refractivity (Wildman–Crippen MR) is 159 cm³/mol. The Kier molecular flexibility index (Phi) is 9.78. The normalized spacial score (nSPS) is 32.0. The Morgan fingerprint density at radius 3 is 2.55 bits per heavy atom. The summed E-state index contributed by atoms with van der Waals surface area (Å²) in [6.45, 7) is 10.1. The fourth-order valence-corrected chi connectivity index (χ4v) is 8.07. The van der Waals surface area contributed by atoms with Gasteiger partial charge in [-0.15, -0.1) is 0 Å². The zero-order valence-electron chi connectivity index (χ0n) is 24.6. The quantitative estimate of drug-likeness (QED) is 0.291. The molecule has 1 aromatic carbocycles. The topological polar surface area (TPSA) is 130 Å². The molecule has 4 aliphatic rings. The second kappa shape index (κ2) is 13.2. The summed E-state index contributed by atoms with van der Waals surface area (Å²) < 4.78 is 17.5. The number of alkyl halides is 1. The second-order valence-corrected chi connectivity index (χ2v) is 12.9. The molecule has 5 rings (SSSR count). The third kappa shape index (κ3) is 5.68. The highest BCUT2D eigenvalue weighted by atomic mass is 79.9. The molecule has 0 radical (unpaired) electrons. The first-order chi connectivity index (χ1) is 20.2. The zero-order chi connectivity index (χ0) is 30.0. The fraction of sp³-hybridized carbons (Fsp3) is 0.700. The molecule has 4 aliphatic heterocycles. The number of aliphatic hydroxyl groups is 1. The summed E-state index contributed by atoms with van der Waals surface area (Å²) in [5.74, 6) is -1.95. The molecule has 12 heteroatoms. The molecule has 4 fully saturated rings. The van der Waals surface area contributed by atoms with E-state index in [2.05, 4.69) is 31.5 Å². The van der Waals surface area contributed by atoms with Crippen molar-refractivity contribution in [1.82, 2.24) is 15.1 Å². The highest BCUT2D eigenvalue weighted by molar-refractivity contribution is 9.09. The number of anilines is 1. The van der Waals surface area contributed by atoms with Gasteiger partial charge in [0.25, 0.3) is 0 Å². The van der Waals surface area contributed by atoms with E-state index in [4.69, 9.17) is 14.2 Å². The Hall–Kier alpha value is -2.25. The highest BCUT2D eigenvalue weighted by Crippen LogP contribution is 2.60. The van der Waals surface area contributed by atoms with E-state index in [1.54, 1.807) is 29.2 Å². The smallest absolute Gasteiger partial charge is 0.245 e. The second-order valence-electron chi connectivity index (χ2n) is 11.7. The van der Waals surface area contributed by atoms with Crippen molar-refractivity contribution in [2.45, 2.75) is 62.2 Å². The Labute approximate surface area is 255 Å². The number of halogens is 1. The van der Waals surface area contributed by atoms with Gasteiger partial charge < -0.3 is 34.9 Å². The van der Waals surface area contributed by atoms with Crippen LogP contribution in [0.5, 0.6) is 5.75 Å². The van der Waals surface area contributed by atoms with Gasteiger partial charge in [-0.25, -0.2) is 0 Å². The van der Waals surface area contributed by atoms with Gasteiger partial charge in [-0.3, -0.25) is 19.3 Å². The van der Waals surface area contributed by atoms with E-state index < -0.39 is 35.6 Å². The SMILES string of the molecule is CCOc1ccc(NC(=O)[C@H]2[C@@H]3OC4(CC3Br)C(C(=O)NCCN3CCOCC3)N([C@@H](CO)[C@@H](C)CC)C(=O)[C@H]24)cc1. The van der Waals surface area contributed by atoms with Gasteiger partial charge in [-0.05, 0) is 43.5 Å². The number of fused-ring (bicyclic) bond motifs is 1. The molecule has 232 valence electrons. The first-order valence-corrected chi connectivity index (χ1v) is 16.0. The van der Waals surface area contributed by atoms with Gasteiger partial charge in [0.1, 0.15) is 17.4 Å². The summed E-state index contributed by atoms with van der Waals surface area (Å²) in [5.41, 5.74) is -0.598. The summed E-state index contributed by atoms with van der Waals surface area (Å²) in [4.78, 5) is 45.7. The van der Waals surface area contributed by atoms with Crippen LogP contribution < -0.4 is 15.4 Å². The number of nitrogens with one attached hydrogen (secondary N) is 2. The van der Waals surface area contributed by atoms with Crippen molar-refractivity contribution in [2.75, 3.05) is 57.9 Å². The summed E-state index contributed by atoms with van der Waals surface area (Å²) in [7, 11) is 0. The number of hydrogen-bond donors (Lipinski definition) is 3. The lowest BCUT2D eigenvalue weighted by molar-refractivity contribution is -0.146. The first kappa shape index (κ1) is 31.2. The van der Waals surface area contributed by atoms with E-state index in [1.165, 1.54) is 0 Å². The maximum atomic E-state index is 14.3. The van der Waals surface area contributed by atoms with Crippen molar-refractivity contribution < 1.29 is 33.7 Å². The molecule has 0 aromatic heterocycles. The van der Waals surface area contributed by atoms with Gasteiger partial charge in [-0.1, -0.05) is 36.2 Å². The van der Waals surface area contributed by atoms with E-state index >= 15 is 0 Å². The number of carbonyl (C=O) groups excluding carboxylic acids is 3. The average Bonchev–Trinajstić information content (AvgIpc) is 3.58. The zero-order valence-corrected chi connectivity index (χ0v) is 26.2. The minimum Gasteiger partial charge on any atom is -0.494 e. The number of hydrogen-bond acceptors (Lipinski definition) is 8. The van der Waals surface area contributed by atoms with Crippen LogP contribution in [-0.4, -0.2) is 114 Å². The summed E-state index contributed by atoms with van der Waals surface area (Å²) in [5, 5.41) is 16.5. The van der Waals surface area contributed by atoms with Crippen LogP contribution in [0.15, 0.2) is 24.3 Å². The van der Waals surface area contributed by atoms with E-state index in [-0.39, 0.29) is 35.1 Å². The number of benzene rings is 1. The maximum Gasteiger partial charge on any atom is 0.245 e. The molecule has 0 aliphatic carbocycles. The molecule has 42 heavy (non-hydrogen) atoms. The van der Waals surface area contributed by atoms with Gasteiger partial charge >= 0.3 is 0 Å². The molecule has 2 bridgehead atoms. The highest BCUT2D eigenvalue weighted by Gasteiger charge is 2.77. The number of morpholine rings is 1. The molecule has 4 heterocycles. The van der Waals surface area contributed by atoms with Crippen LogP contribution in [0.2, 0.25) is 0 Å². The maximum absolute atomic E-state index is 14.3. The molecule has 4 saturated heterocycles. The van der Waals surface area contributed by atoms with Gasteiger partial charge in [0.2, 0.25) is 17.7 Å². The van der Waals surface area contributed by atoms with Crippen LogP contribution in [0.1, 0.15) is 33.6 Å². The minimum atomic E-state index is -1.18. The van der Waals surface area contributed by atoms with Crippen molar-refractivity contribution in [3.63, 3.8) is 0 Å². The van der Waals surface area contributed by atoms with Crippen molar-refractivity contribution >= 4 is 39.3 Å². The number of rotatable bonds is 12. The Bertz CT molecular complexity index is 1130. The summed E-state index contributed by atoms with van der Waals surface area (Å²) >= 11 is 3.71. The molecule has 8 atom stereocenters. The lowest BCUT2D eigenvalue weighted by Gasteiger charge is -2.39. The Balaban J connectivity index is 1.41. The molecule has 3 amide bonds. The van der Waals surface area contributed by atoms with Crippen LogP contribution in [0.25, 0.3) is 0 Å². The van der Waals surface area contributed by atoms with Crippen molar-refractivity contribution in [2.24, 2.45) is 17.8 Å². The van der Waals surface area contributed by atoms with E-state index in [0.717, 1.165) is 13.1 Å². The van der Waals surface area contributed by atoms with Gasteiger partial charge in [-0.2, -0.15) is 0 Å². The number of aliphatic hydroxyl groups excluding tert-OH is 1. The van der Waals surface area contributed by atoms with Crippen LogP contribution in [0.3, 0.4) is 0 Å². The molecular formula is C30H43BrN4O7. The fourth-order valence-electron chi connectivity index (χ4n) is 7.12. The third-order valence-electron chi connectivity index (χ3n) is 9.39. The van der Waals surface area contributed by atoms with Crippen LogP contribution >= 0.6 is 15.9 Å². The first-order valence-electron chi connectivity index (χ1n) is 15.1. The van der Waals surface area contributed by atoms with Gasteiger partial charge in [0.05, 0.1) is 50.4 Å². The van der Waals surface area contributed by atoms with Crippen LogP contribution in [0, 0.1) is 17.8 Å². The molecular weight excluding hydrogens is 608 g/mol. The molecule has 0 saturated carbocycles. The molecule has 3 unspecified atom stereocenters. The number of likely N-dealkylation sites (tertiary alicyclic amines) is 1. The largest absolute Gasteiger partial charge is 0.494 e. The van der Waals surface area contributed by atoms with Crippen molar-refractivity contribution in [3.05, 3.63) is 24.3 Å². The molecule has 1 aromatic rings.